The van der Waals surface area contributed by atoms with Gasteiger partial charge in [0.1, 0.15) is 17.3 Å². The fraction of sp³-hybridized carbons (Fsp3) is 0.459. The number of halogens is 2. The number of benzene rings is 3. The predicted octanol–water partition coefficient (Wildman–Crippen LogP) is 10.7. The van der Waals surface area contributed by atoms with Crippen LogP contribution in [0.4, 0.5) is 20.2 Å². The maximum Gasteiger partial charge on any atom is 0.150 e. The largest absolute Gasteiger partial charge is 0.355 e. The molecule has 0 atom stereocenters. The lowest BCUT2D eigenvalue weighted by Crippen LogP contribution is -2.35. The van der Waals surface area contributed by atoms with Gasteiger partial charge in [-0.15, -0.1) is 0 Å². The van der Waals surface area contributed by atoms with Gasteiger partial charge in [0, 0.05) is 27.9 Å². The van der Waals surface area contributed by atoms with Gasteiger partial charge in [-0.05, 0) is 101 Å². The minimum Gasteiger partial charge on any atom is -0.355 e. The molecule has 0 fully saturated rings. The number of aryl methyl sites for hydroxylation is 1. The Balaban J connectivity index is 1.58. The fourth-order valence-corrected chi connectivity index (χ4v) is 7.51. The molecular formula is C37H44F2N2. The van der Waals surface area contributed by atoms with Crippen molar-refractivity contribution in [2.75, 3.05) is 5.32 Å². The van der Waals surface area contributed by atoms with Gasteiger partial charge in [0.2, 0.25) is 0 Å². The van der Waals surface area contributed by atoms with Crippen molar-refractivity contribution in [1.82, 2.24) is 4.57 Å². The van der Waals surface area contributed by atoms with Gasteiger partial charge in [0.25, 0.3) is 0 Å². The van der Waals surface area contributed by atoms with Gasteiger partial charge in [0.15, 0.2) is 0 Å². The van der Waals surface area contributed by atoms with Crippen LogP contribution in [0.25, 0.3) is 16.6 Å². The van der Waals surface area contributed by atoms with Gasteiger partial charge < -0.3 is 9.88 Å². The average Bonchev–Trinajstić information content (AvgIpc) is 3.23. The topological polar surface area (TPSA) is 17.0 Å². The summed E-state index contributed by atoms with van der Waals surface area (Å²) in [5.74, 6) is -1.09. The maximum atomic E-state index is 15.5. The van der Waals surface area contributed by atoms with Crippen molar-refractivity contribution in [3.8, 4) is 5.69 Å². The number of nitrogens with one attached hydrogen (secondary N) is 1. The highest BCUT2D eigenvalue weighted by molar-refractivity contribution is 5.92. The molecule has 4 aromatic rings. The molecule has 216 valence electrons. The highest BCUT2D eigenvalue weighted by atomic mass is 19.1. The van der Waals surface area contributed by atoms with E-state index in [4.69, 9.17) is 0 Å². The summed E-state index contributed by atoms with van der Waals surface area (Å²) in [6, 6.07) is 15.2. The number of nitrogens with zero attached hydrogens (tertiary/aromatic N) is 1. The molecule has 41 heavy (non-hydrogen) atoms. The fourth-order valence-electron chi connectivity index (χ4n) is 7.51. The molecule has 0 amide bonds. The summed E-state index contributed by atoms with van der Waals surface area (Å²) in [7, 11) is 0. The van der Waals surface area contributed by atoms with Gasteiger partial charge in [-0.1, -0.05) is 73.6 Å². The molecule has 3 aromatic carbocycles. The zero-order valence-electron chi connectivity index (χ0n) is 26.2. The van der Waals surface area contributed by atoms with Crippen molar-refractivity contribution < 1.29 is 8.78 Å². The Morgan fingerprint density at radius 3 is 1.88 bits per heavy atom. The Bertz CT molecular complexity index is 1680. The van der Waals surface area contributed by atoms with Gasteiger partial charge in [0.05, 0.1) is 5.52 Å². The molecule has 2 aliphatic carbocycles. The molecule has 0 radical (unpaired) electrons. The van der Waals surface area contributed by atoms with E-state index in [0.29, 0.717) is 0 Å². The van der Waals surface area contributed by atoms with Gasteiger partial charge >= 0.3 is 0 Å². The summed E-state index contributed by atoms with van der Waals surface area (Å²) >= 11 is 0. The second-order valence-corrected chi connectivity index (χ2v) is 15.2. The molecule has 0 spiro atoms. The molecule has 1 heterocycles. The number of hydrogen-bond donors (Lipinski definition) is 1. The minimum atomic E-state index is -0.544. The summed E-state index contributed by atoms with van der Waals surface area (Å²) in [5, 5.41) is 4.77. The van der Waals surface area contributed by atoms with E-state index in [1.807, 2.05) is 4.57 Å². The van der Waals surface area contributed by atoms with Crippen molar-refractivity contribution in [1.29, 1.82) is 0 Å². The molecule has 0 saturated carbocycles. The number of rotatable bonds is 3. The zero-order chi connectivity index (χ0) is 29.7. The van der Waals surface area contributed by atoms with Crippen LogP contribution in [-0.2, 0) is 21.7 Å². The van der Waals surface area contributed by atoms with E-state index in [-0.39, 0.29) is 27.3 Å². The Morgan fingerprint density at radius 1 is 0.683 bits per heavy atom. The van der Waals surface area contributed by atoms with Crippen LogP contribution in [0.1, 0.15) is 109 Å². The van der Waals surface area contributed by atoms with Crippen LogP contribution >= 0.6 is 0 Å². The van der Waals surface area contributed by atoms with E-state index >= 15 is 8.78 Å². The van der Waals surface area contributed by atoms with Crippen LogP contribution in [0, 0.1) is 18.6 Å². The third kappa shape index (κ3) is 4.32. The monoisotopic (exact) mass is 554 g/mol. The van der Waals surface area contributed by atoms with Crippen molar-refractivity contribution in [3.63, 3.8) is 0 Å². The first-order valence-electron chi connectivity index (χ1n) is 15.1. The SMILES string of the molecule is Cc1cc2c(cc1Nc1ccc3c4c(n(-c5c(F)cccc5F)c3c1)C(C)(C)CCC4(C)C)C(C)(C)CCC2(C)C. The first kappa shape index (κ1) is 28.0. The minimum absolute atomic E-state index is 0.00983. The van der Waals surface area contributed by atoms with Crippen molar-refractivity contribution in [2.24, 2.45) is 0 Å². The van der Waals surface area contributed by atoms with Crippen LogP contribution in [0.2, 0.25) is 0 Å². The van der Waals surface area contributed by atoms with Crippen molar-refractivity contribution in [3.05, 3.63) is 88.1 Å². The smallest absolute Gasteiger partial charge is 0.150 e. The number of hydrogen-bond acceptors (Lipinski definition) is 1. The van der Waals surface area contributed by atoms with E-state index in [9.17, 15) is 0 Å². The molecule has 2 aliphatic rings. The van der Waals surface area contributed by atoms with Gasteiger partial charge in [-0.2, -0.15) is 0 Å². The van der Waals surface area contributed by atoms with Crippen LogP contribution in [0.3, 0.4) is 0 Å². The third-order valence-electron chi connectivity index (χ3n) is 10.3. The van der Waals surface area contributed by atoms with Gasteiger partial charge in [-0.3, -0.25) is 0 Å². The summed E-state index contributed by atoms with van der Waals surface area (Å²) in [4.78, 5) is 0. The quantitative estimate of drug-likeness (QED) is 0.266. The molecule has 4 heteroatoms. The van der Waals surface area contributed by atoms with Crippen LogP contribution < -0.4 is 5.32 Å². The molecule has 2 nitrogen and oxygen atoms in total. The summed E-state index contributed by atoms with van der Waals surface area (Å²) in [6.07, 6.45) is 4.30. The first-order valence-corrected chi connectivity index (χ1v) is 15.1. The second-order valence-electron chi connectivity index (χ2n) is 15.2. The predicted molar refractivity (Wildman–Crippen MR) is 168 cm³/mol. The first-order chi connectivity index (χ1) is 19.0. The summed E-state index contributed by atoms with van der Waals surface area (Å²) < 4.78 is 32.8. The molecule has 1 aromatic heterocycles. The lowest BCUT2D eigenvalue weighted by Gasteiger charge is -2.42. The van der Waals surface area contributed by atoms with E-state index in [1.54, 1.807) is 0 Å². The Hall–Kier alpha value is -3.14. The van der Waals surface area contributed by atoms with E-state index in [0.717, 1.165) is 47.2 Å². The molecular weight excluding hydrogens is 510 g/mol. The van der Waals surface area contributed by atoms with Crippen LogP contribution in [0.5, 0.6) is 0 Å². The second kappa shape index (κ2) is 8.93. The van der Waals surface area contributed by atoms with E-state index < -0.39 is 11.6 Å². The Labute approximate surface area is 244 Å². The average molecular weight is 555 g/mol. The summed E-state index contributed by atoms with van der Waals surface area (Å²) in [6.45, 7) is 20.5. The third-order valence-corrected chi connectivity index (χ3v) is 10.3. The highest BCUT2D eigenvalue weighted by Gasteiger charge is 2.43. The molecule has 0 unspecified atom stereocenters. The Kier molecular flexibility index (Phi) is 6.10. The zero-order valence-corrected chi connectivity index (χ0v) is 26.2. The molecule has 6 rings (SSSR count). The number of anilines is 2. The highest BCUT2D eigenvalue weighted by Crippen LogP contribution is 2.52. The molecule has 0 aliphatic heterocycles. The van der Waals surface area contributed by atoms with Crippen LogP contribution in [-0.4, -0.2) is 4.57 Å². The molecule has 1 N–H and O–H groups in total. The number of fused-ring (bicyclic) bond motifs is 4. The van der Waals surface area contributed by atoms with Crippen LogP contribution in [0.15, 0.2) is 48.5 Å². The van der Waals surface area contributed by atoms with Crippen molar-refractivity contribution >= 4 is 22.3 Å². The Morgan fingerprint density at radius 2 is 1.24 bits per heavy atom. The standard InChI is InChI=1S/C37H44F2N2/c1-22-19-25-26(35(4,5)16-15-34(25,2)3)21-29(22)40-23-13-14-24-30(20-23)41(32-27(38)11-10-12-28(32)39)33-31(24)36(6,7)17-18-37(33,8)9/h10-14,19-21,40H,15-18H2,1-9H3. The van der Waals surface area contributed by atoms with Crippen molar-refractivity contribution in [2.45, 2.75) is 110 Å². The number of para-hydroxylation sites is 1. The molecule has 0 saturated heterocycles. The van der Waals surface area contributed by atoms with Gasteiger partial charge in [-0.25, -0.2) is 8.78 Å². The normalized spacial score (nSPS) is 20.0. The number of aromatic nitrogens is 1. The lowest BCUT2D eigenvalue weighted by atomic mass is 9.63. The summed E-state index contributed by atoms with van der Waals surface area (Å²) in [5.41, 5.74) is 9.00. The maximum absolute atomic E-state index is 15.5. The van der Waals surface area contributed by atoms with E-state index in [2.05, 4.69) is 98.0 Å². The van der Waals surface area contributed by atoms with E-state index in [1.165, 1.54) is 46.9 Å². The lowest BCUT2D eigenvalue weighted by molar-refractivity contribution is 0.323. The molecule has 0 bridgehead atoms.